The Bertz CT molecular complexity index is 1020. The Morgan fingerprint density at radius 1 is 1.04 bits per heavy atom. The summed E-state index contributed by atoms with van der Waals surface area (Å²) < 4.78 is 15.2. The predicted octanol–water partition coefficient (Wildman–Crippen LogP) is 3.90. The molecule has 0 radical (unpaired) electrons. The number of anilines is 1. The summed E-state index contributed by atoms with van der Waals surface area (Å²) in [5.41, 5.74) is 2.74. The van der Waals surface area contributed by atoms with Crippen LogP contribution < -0.4 is 10.9 Å². The maximum Gasteiger partial charge on any atom is 0.263 e. The fraction of sp³-hybridized carbons (Fsp3) is 0.143. The molecule has 0 unspecified atom stereocenters. The lowest BCUT2D eigenvalue weighted by molar-refractivity contribution is 0.102. The van der Waals surface area contributed by atoms with E-state index in [1.165, 1.54) is 16.7 Å². The highest BCUT2D eigenvalue weighted by Crippen LogP contribution is 2.15. The molecule has 0 aliphatic rings. The molecular weight excluding hydrogens is 331 g/mol. The molecule has 5 heteroatoms. The second-order valence-corrected chi connectivity index (χ2v) is 6.20. The number of pyridine rings is 1. The van der Waals surface area contributed by atoms with Crippen LogP contribution >= 0.6 is 0 Å². The smallest absolute Gasteiger partial charge is 0.263 e. The van der Waals surface area contributed by atoms with Crippen LogP contribution in [-0.2, 0) is 6.54 Å². The van der Waals surface area contributed by atoms with Crippen LogP contribution in [0.5, 0.6) is 0 Å². The van der Waals surface area contributed by atoms with E-state index in [-0.39, 0.29) is 17.9 Å². The number of nitrogens with zero attached hydrogens (tertiary/aromatic N) is 1. The monoisotopic (exact) mass is 350 g/mol. The Morgan fingerprint density at radius 2 is 1.81 bits per heavy atom. The van der Waals surface area contributed by atoms with E-state index in [1.807, 2.05) is 26.0 Å². The van der Waals surface area contributed by atoms with Crippen molar-refractivity contribution in [3.63, 3.8) is 0 Å². The van der Waals surface area contributed by atoms with Gasteiger partial charge in [0.1, 0.15) is 11.4 Å². The third-order valence-electron chi connectivity index (χ3n) is 4.33. The third kappa shape index (κ3) is 3.72. The molecule has 1 heterocycles. The first-order valence-electron chi connectivity index (χ1n) is 8.27. The number of aromatic nitrogens is 1. The number of nitrogens with one attached hydrogen (secondary N) is 1. The maximum atomic E-state index is 13.8. The van der Waals surface area contributed by atoms with Crippen LogP contribution in [0.2, 0.25) is 0 Å². The number of carbonyl (C=O) groups excluding carboxylic acids is 1. The lowest BCUT2D eigenvalue weighted by atomic mass is 10.1. The summed E-state index contributed by atoms with van der Waals surface area (Å²) >= 11 is 0. The maximum absolute atomic E-state index is 13.8. The first kappa shape index (κ1) is 17.6. The Kier molecular flexibility index (Phi) is 4.98. The Labute approximate surface area is 150 Å². The average molecular weight is 350 g/mol. The molecule has 0 saturated carbocycles. The van der Waals surface area contributed by atoms with Gasteiger partial charge in [0, 0.05) is 17.4 Å². The van der Waals surface area contributed by atoms with Crippen LogP contribution in [-0.4, -0.2) is 10.5 Å². The van der Waals surface area contributed by atoms with Crippen LogP contribution in [0.1, 0.15) is 27.0 Å². The van der Waals surface area contributed by atoms with Crippen molar-refractivity contribution in [3.05, 3.63) is 99.2 Å². The van der Waals surface area contributed by atoms with Crippen molar-refractivity contribution in [3.8, 4) is 0 Å². The first-order valence-corrected chi connectivity index (χ1v) is 8.27. The Morgan fingerprint density at radius 3 is 2.54 bits per heavy atom. The molecule has 132 valence electrons. The summed E-state index contributed by atoms with van der Waals surface area (Å²) in [6, 6.07) is 14.9. The number of carbonyl (C=O) groups is 1. The van der Waals surface area contributed by atoms with E-state index in [0.29, 0.717) is 11.3 Å². The van der Waals surface area contributed by atoms with Gasteiger partial charge in [-0.3, -0.25) is 9.59 Å². The van der Waals surface area contributed by atoms with Crippen molar-refractivity contribution in [1.29, 1.82) is 0 Å². The van der Waals surface area contributed by atoms with Gasteiger partial charge in [-0.2, -0.15) is 0 Å². The predicted molar refractivity (Wildman–Crippen MR) is 100 cm³/mol. The standard InChI is InChI=1S/C21H19FN2O2/c1-14-9-10-17(12-15(14)2)23-20(25)18-7-5-11-24(21(18)26)13-16-6-3-4-8-19(16)22/h3-12H,13H2,1-2H3,(H,23,25). The van der Waals surface area contributed by atoms with Crippen molar-refractivity contribution < 1.29 is 9.18 Å². The molecule has 3 rings (SSSR count). The summed E-state index contributed by atoms with van der Waals surface area (Å²) in [5, 5.41) is 2.74. The first-order chi connectivity index (χ1) is 12.5. The molecule has 0 fully saturated rings. The lowest BCUT2D eigenvalue weighted by Crippen LogP contribution is -2.29. The van der Waals surface area contributed by atoms with E-state index in [9.17, 15) is 14.0 Å². The van der Waals surface area contributed by atoms with Gasteiger partial charge in [0.05, 0.1) is 6.54 Å². The van der Waals surface area contributed by atoms with Crippen molar-refractivity contribution >= 4 is 11.6 Å². The number of amides is 1. The molecule has 1 amide bonds. The van der Waals surface area contributed by atoms with E-state index in [1.54, 1.807) is 36.5 Å². The highest BCUT2D eigenvalue weighted by atomic mass is 19.1. The van der Waals surface area contributed by atoms with E-state index < -0.39 is 11.5 Å². The van der Waals surface area contributed by atoms with Crippen LogP contribution in [0.3, 0.4) is 0 Å². The molecular formula is C21H19FN2O2. The van der Waals surface area contributed by atoms with Crippen LogP contribution in [0.25, 0.3) is 0 Å². The molecule has 0 atom stereocenters. The molecule has 0 saturated heterocycles. The van der Waals surface area contributed by atoms with Crippen LogP contribution in [0.4, 0.5) is 10.1 Å². The molecule has 0 spiro atoms. The molecule has 4 nitrogen and oxygen atoms in total. The van der Waals surface area contributed by atoms with Gasteiger partial charge in [0.2, 0.25) is 0 Å². The minimum Gasteiger partial charge on any atom is -0.322 e. The minimum absolute atomic E-state index is 0.0158. The van der Waals surface area contributed by atoms with Crippen molar-refractivity contribution in [2.75, 3.05) is 5.32 Å². The van der Waals surface area contributed by atoms with Gasteiger partial charge in [-0.05, 0) is 55.3 Å². The zero-order valence-electron chi connectivity index (χ0n) is 14.6. The minimum atomic E-state index is -0.485. The fourth-order valence-electron chi connectivity index (χ4n) is 2.66. The normalized spacial score (nSPS) is 10.6. The van der Waals surface area contributed by atoms with Gasteiger partial charge < -0.3 is 9.88 Å². The SMILES string of the molecule is Cc1ccc(NC(=O)c2cccn(Cc3ccccc3F)c2=O)cc1C. The van der Waals surface area contributed by atoms with E-state index in [4.69, 9.17) is 0 Å². The number of benzene rings is 2. The second-order valence-electron chi connectivity index (χ2n) is 6.20. The number of rotatable bonds is 4. The van der Waals surface area contributed by atoms with E-state index >= 15 is 0 Å². The quantitative estimate of drug-likeness (QED) is 0.776. The number of hydrogen-bond donors (Lipinski definition) is 1. The topological polar surface area (TPSA) is 51.1 Å². The Balaban J connectivity index is 1.86. The van der Waals surface area contributed by atoms with Gasteiger partial charge in [0.25, 0.3) is 11.5 Å². The highest BCUT2D eigenvalue weighted by molar-refractivity contribution is 6.04. The van der Waals surface area contributed by atoms with Crippen molar-refractivity contribution in [2.45, 2.75) is 20.4 Å². The molecule has 1 N–H and O–H groups in total. The van der Waals surface area contributed by atoms with Gasteiger partial charge >= 0.3 is 0 Å². The third-order valence-corrected chi connectivity index (χ3v) is 4.33. The number of hydrogen-bond acceptors (Lipinski definition) is 2. The number of halogens is 1. The lowest BCUT2D eigenvalue weighted by Gasteiger charge is -2.10. The van der Waals surface area contributed by atoms with Gasteiger partial charge in [0.15, 0.2) is 0 Å². The summed E-state index contributed by atoms with van der Waals surface area (Å²) in [4.78, 5) is 25.1. The largest absolute Gasteiger partial charge is 0.322 e. The summed E-state index contributed by atoms with van der Waals surface area (Å²) in [5.74, 6) is -0.870. The molecule has 0 aliphatic heterocycles. The molecule has 1 aromatic heterocycles. The molecule has 26 heavy (non-hydrogen) atoms. The number of aryl methyl sites for hydroxylation is 2. The van der Waals surface area contributed by atoms with Gasteiger partial charge in [-0.15, -0.1) is 0 Å². The molecule has 3 aromatic rings. The zero-order chi connectivity index (χ0) is 18.7. The van der Waals surface area contributed by atoms with Gasteiger partial charge in [-0.1, -0.05) is 24.3 Å². The Hall–Kier alpha value is -3.21. The van der Waals surface area contributed by atoms with Crippen LogP contribution in [0.15, 0.2) is 65.6 Å². The van der Waals surface area contributed by atoms with E-state index in [0.717, 1.165) is 11.1 Å². The average Bonchev–Trinajstić information content (AvgIpc) is 2.61. The molecule has 0 bridgehead atoms. The second kappa shape index (κ2) is 7.35. The summed E-state index contributed by atoms with van der Waals surface area (Å²) in [6.45, 7) is 4.00. The zero-order valence-corrected chi connectivity index (χ0v) is 14.6. The van der Waals surface area contributed by atoms with Crippen molar-refractivity contribution in [1.82, 2.24) is 4.57 Å². The van der Waals surface area contributed by atoms with Gasteiger partial charge in [-0.25, -0.2) is 4.39 Å². The van der Waals surface area contributed by atoms with E-state index in [2.05, 4.69) is 5.32 Å². The summed E-state index contributed by atoms with van der Waals surface area (Å²) in [6.07, 6.45) is 1.54. The molecule has 0 aliphatic carbocycles. The highest BCUT2D eigenvalue weighted by Gasteiger charge is 2.13. The van der Waals surface area contributed by atoms with Crippen LogP contribution in [0, 0.1) is 19.7 Å². The summed E-state index contributed by atoms with van der Waals surface area (Å²) in [7, 11) is 0. The van der Waals surface area contributed by atoms with Crippen molar-refractivity contribution in [2.24, 2.45) is 0 Å². The fourth-order valence-corrected chi connectivity index (χ4v) is 2.66. The molecule has 2 aromatic carbocycles.